The van der Waals surface area contributed by atoms with E-state index in [0.29, 0.717) is 16.4 Å². The molecule has 3 nitrogen and oxygen atoms in total. The van der Waals surface area contributed by atoms with Gasteiger partial charge in [-0.2, -0.15) is 0 Å². The molecule has 2 rings (SSSR count). The fraction of sp³-hybridized carbons (Fsp3) is 0.133. The predicted molar refractivity (Wildman–Crippen MR) is 79.7 cm³/mol. The number of aryl methyl sites for hydroxylation is 1. The maximum absolute atomic E-state index is 13.0. The van der Waals surface area contributed by atoms with Gasteiger partial charge in [0.2, 0.25) is 5.91 Å². The number of hydrogen-bond acceptors (Lipinski definition) is 2. The fourth-order valence-corrected chi connectivity index (χ4v) is 2.01. The van der Waals surface area contributed by atoms with Crippen LogP contribution in [0.1, 0.15) is 5.56 Å². The van der Waals surface area contributed by atoms with Crippen LogP contribution in [-0.2, 0) is 4.79 Å². The van der Waals surface area contributed by atoms with E-state index in [1.807, 2.05) is 25.1 Å². The molecule has 104 valence electrons. The summed E-state index contributed by atoms with van der Waals surface area (Å²) >= 11 is 6.05. The Morgan fingerprint density at radius 3 is 2.75 bits per heavy atom. The topological polar surface area (TPSA) is 41.1 Å². The second-order valence-electron chi connectivity index (χ2n) is 4.40. The first kappa shape index (κ1) is 14.3. The molecule has 0 heterocycles. The second kappa shape index (κ2) is 6.39. The highest BCUT2D eigenvalue weighted by molar-refractivity contribution is 6.33. The van der Waals surface area contributed by atoms with Crippen molar-refractivity contribution >= 4 is 28.9 Å². The Kier molecular flexibility index (Phi) is 4.58. The van der Waals surface area contributed by atoms with E-state index in [1.165, 1.54) is 18.2 Å². The van der Waals surface area contributed by atoms with Gasteiger partial charge >= 0.3 is 0 Å². The summed E-state index contributed by atoms with van der Waals surface area (Å²) in [6.07, 6.45) is 0. The first-order chi connectivity index (χ1) is 9.54. The van der Waals surface area contributed by atoms with Crippen LogP contribution in [0.4, 0.5) is 15.8 Å². The monoisotopic (exact) mass is 292 g/mol. The summed E-state index contributed by atoms with van der Waals surface area (Å²) in [5, 5.41) is 6.10. The van der Waals surface area contributed by atoms with Crippen LogP contribution in [-0.4, -0.2) is 12.5 Å². The number of benzene rings is 2. The molecule has 0 aromatic heterocycles. The van der Waals surface area contributed by atoms with Gasteiger partial charge in [0.15, 0.2) is 0 Å². The summed E-state index contributed by atoms with van der Waals surface area (Å²) in [4.78, 5) is 11.7. The number of nitrogens with one attached hydrogen (secondary N) is 2. The summed E-state index contributed by atoms with van der Waals surface area (Å²) in [6, 6.07) is 11.3. The van der Waals surface area contributed by atoms with Crippen LogP contribution >= 0.6 is 11.6 Å². The molecule has 0 radical (unpaired) electrons. The molecule has 1 amide bonds. The highest BCUT2D eigenvalue weighted by atomic mass is 35.5. The van der Waals surface area contributed by atoms with E-state index in [9.17, 15) is 9.18 Å². The lowest BCUT2D eigenvalue weighted by Crippen LogP contribution is -2.21. The number of hydrogen-bond donors (Lipinski definition) is 2. The SMILES string of the molecule is Cc1ccc(NCC(=O)Nc2cccc(F)c2)c(Cl)c1. The van der Waals surface area contributed by atoms with Gasteiger partial charge in [-0.1, -0.05) is 23.7 Å². The third-order valence-electron chi connectivity index (χ3n) is 2.67. The number of halogens is 2. The molecule has 0 bridgehead atoms. The summed E-state index contributed by atoms with van der Waals surface area (Å²) in [6.45, 7) is 1.99. The van der Waals surface area contributed by atoms with Gasteiger partial charge in [0.25, 0.3) is 0 Å². The molecular weight excluding hydrogens is 279 g/mol. The van der Waals surface area contributed by atoms with Crippen molar-refractivity contribution in [2.45, 2.75) is 6.92 Å². The van der Waals surface area contributed by atoms with E-state index in [2.05, 4.69) is 10.6 Å². The molecule has 0 aliphatic rings. The number of carbonyl (C=O) groups is 1. The molecule has 0 atom stereocenters. The molecule has 0 spiro atoms. The summed E-state index contributed by atoms with van der Waals surface area (Å²) in [7, 11) is 0. The number of rotatable bonds is 4. The van der Waals surface area contributed by atoms with Crippen molar-refractivity contribution in [2.24, 2.45) is 0 Å². The molecule has 0 saturated heterocycles. The van der Waals surface area contributed by atoms with Crippen molar-refractivity contribution in [3.05, 3.63) is 58.9 Å². The average molecular weight is 293 g/mol. The van der Waals surface area contributed by atoms with Crippen LogP contribution in [0.3, 0.4) is 0 Å². The van der Waals surface area contributed by atoms with Crippen molar-refractivity contribution in [1.29, 1.82) is 0 Å². The van der Waals surface area contributed by atoms with Gasteiger partial charge in [0, 0.05) is 5.69 Å². The van der Waals surface area contributed by atoms with Crippen molar-refractivity contribution in [1.82, 2.24) is 0 Å². The van der Waals surface area contributed by atoms with Gasteiger partial charge in [-0.05, 0) is 42.8 Å². The minimum atomic E-state index is -0.391. The minimum Gasteiger partial charge on any atom is -0.375 e. The molecule has 2 aromatic carbocycles. The lowest BCUT2D eigenvalue weighted by Gasteiger charge is -2.09. The van der Waals surface area contributed by atoms with E-state index in [4.69, 9.17) is 11.6 Å². The van der Waals surface area contributed by atoms with Crippen LogP contribution in [0, 0.1) is 12.7 Å². The van der Waals surface area contributed by atoms with Gasteiger partial charge in [-0.25, -0.2) is 4.39 Å². The predicted octanol–water partition coefficient (Wildman–Crippen LogP) is 3.84. The Balaban J connectivity index is 1.92. The van der Waals surface area contributed by atoms with Crippen molar-refractivity contribution < 1.29 is 9.18 Å². The maximum atomic E-state index is 13.0. The maximum Gasteiger partial charge on any atom is 0.243 e. The van der Waals surface area contributed by atoms with E-state index < -0.39 is 5.82 Å². The van der Waals surface area contributed by atoms with E-state index in [0.717, 1.165) is 5.56 Å². The fourth-order valence-electron chi connectivity index (χ4n) is 1.71. The molecule has 0 aliphatic carbocycles. The highest BCUT2D eigenvalue weighted by Crippen LogP contribution is 2.22. The Hall–Kier alpha value is -2.07. The highest BCUT2D eigenvalue weighted by Gasteiger charge is 2.05. The van der Waals surface area contributed by atoms with Crippen molar-refractivity contribution in [3.8, 4) is 0 Å². The molecule has 0 unspecified atom stereocenters. The third-order valence-corrected chi connectivity index (χ3v) is 2.99. The third kappa shape index (κ3) is 3.96. The molecular formula is C15H14ClFN2O. The van der Waals surface area contributed by atoms with E-state index >= 15 is 0 Å². The minimum absolute atomic E-state index is 0.0549. The molecule has 2 aromatic rings. The number of amides is 1. The molecule has 20 heavy (non-hydrogen) atoms. The van der Waals surface area contributed by atoms with Crippen LogP contribution in [0.5, 0.6) is 0 Å². The Morgan fingerprint density at radius 2 is 2.05 bits per heavy atom. The standard InChI is InChI=1S/C15H14ClFN2O/c1-10-5-6-14(13(16)7-10)18-9-15(20)19-12-4-2-3-11(17)8-12/h2-8,18H,9H2,1H3,(H,19,20). The Labute approximate surface area is 121 Å². The Morgan fingerprint density at radius 1 is 1.25 bits per heavy atom. The summed E-state index contributed by atoms with van der Waals surface area (Å²) in [5.74, 6) is -0.662. The van der Waals surface area contributed by atoms with Crippen LogP contribution in [0.15, 0.2) is 42.5 Å². The zero-order valence-electron chi connectivity index (χ0n) is 10.9. The number of carbonyl (C=O) groups excluding carboxylic acids is 1. The van der Waals surface area contributed by atoms with Crippen molar-refractivity contribution in [2.75, 3.05) is 17.2 Å². The Bertz CT molecular complexity index is 631. The molecule has 0 fully saturated rings. The lowest BCUT2D eigenvalue weighted by atomic mass is 10.2. The van der Waals surface area contributed by atoms with Gasteiger partial charge in [-0.3, -0.25) is 4.79 Å². The van der Waals surface area contributed by atoms with Crippen molar-refractivity contribution in [3.63, 3.8) is 0 Å². The van der Waals surface area contributed by atoms with Gasteiger partial charge < -0.3 is 10.6 Å². The lowest BCUT2D eigenvalue weighted by molar-refractivity contribution is -0.114. The first-order valence-corrected chi connectivity index (χ1v) is 6.48. The van der Waals surface area contributed by atoms with Gasteiger partial charge in [0.05, 0.1) is 17.3 Å². The molecule has 2 N–H and O–H groups in total. The number of anilines is 2. The first-order valence-electron chi connectivity index (χ1n) is 6.10. The molecule has 5 heteroatoms. The smallest absolute Gasteiger partial charge is 0.243 e. The van der Waals surface area contributed by atoms with Gasteiger partial charge in [-0.15, -0.1) is 0 Å². The van der Waals surface area contributed by atoms with Gasteiger partial charge in [0.1, 0.15) is 5.82 Å². The zero-order valence-corrected chi connectivity index (χ0v) is 11.7. The normalized spacial score (nSPS) is 10.2. The summed E-state index contributed by atoms with van der Waals surface area (Å²) < 4.78 is 13.0. The largest absolute Gasteiger partial charge is 0.375 e. The van der Waals surface area contributed by atoms with Crippen LogP contribution in [0.25, 0.3) is 0 Å². The molecule has 0 saturated carbocycles. The molecule has 0 aliphatic heterocycles. The quantitative estimate of drug-likeness (QED) is 0.899. The zero-order chi connectivity index (χ0) is 14.5. The van der Waals surface area contributed by atoms with E-state index in [-0.39, 0.29) is 12.5 Å². The van der Waals surface area contributed by atoms with Crippen LogP contribution in [0.2, 0.25) is 5.02 Å². The van der Waals surface area contributed by atoms with E-state index in [1.54, 1.807) is 6.07 Å². The average Bonchev–Trinajstić information content (AvgIpc) is 2.37. The summed E-state index contributed by atoms with van der Waals surface area (Å²) in [5.41, 5.74) is 2.16. The van der Waals surface area contributed by atoms with Crippen LogP contribution < -0.4 is 10.6 Å². The second-order valence-corrected chi connectivity index (χ2v) is 4.80.